The minimum absolute atomic E-state index is 0.0605. The topological polar surface area (TPSA) is 82.6 Å². The number of carboxylic acids is 1. The summed E-state index contributed by atoms with van der Waals surface area (Å²) in [5.74, 6) is -0.0722. The third kappa shape index (κ3) is 8.96. The van der Waals surface area contributed by atoms with Gasteiger partial charge in [-0.25, -0.2) is 4.79 Å². The third-order valence-corrected chi connectivity index (χ3v) is 9.26. The number of aromatic carboxylic acids is 1. The lowest BCUT2D eigenvalue weighted by atomic mass is 9.97. The maximum Gasteiger partial charge on any atom is 0.335 e. The van der Waals surface area contributed by atoms with E-state index >= 15 is 0 Å². The number of likely N-dealkylation sites (N-methyl/N-ethyl adjacent to an activating group) is 1. The van der Waals surface area contributed by atoms with Crippen LogP contribution in [0.1, 0.15) is 62.7 Å². The number of nitrogens with zero attached hydrogens (tertiary/aromatic N) is 3. The molecule has 5 aromatic rings. The highest BCUT2D eigenvalue weighted by molar-refractivity contribution is 6.08. The summed E-state index contributed by atoms with van der Waals surface area (Å²) in [7, 11) is 2.14. The van der Waals surface area contributed by atoms with Gasteiger partial charge < -0.3 is 29.3 Å². The van der Waals surface area contributed by atoms with Crippen LogP contribution < -0.4 is 19.3 Å². The minimum atomic E-state index is -0.995. The molecule has 8 heteroatoms. The summed E-state index contributed by atoms with van der Waals surface area (Å²) in [6.07, 6.45) is 0. The Kier molecular flexibility index (Phi) is 11.3. The van der Waals surface area contributed by atoms with Crippen LogP contribution in [0.25, 0.3) is 0 Å². The summed E-state index contributed by atoms with van der Waals surface area (Å²) >= 11 is 0. The average Bonchev–Trinajstić information content (AvgIpc) is 3.16. The first kappa shape index (κ1) is 35.2. The minimum Gasteiger partial charge on any atom is -0.488 e. The zero-order valence-electron chi connectivity index (χ0n) is 29.5. The Bertz CT molecular complexity index is 1900. The van der Waals surface area contributed by atoms with Gasteiger partial charge in [-0.3, -0.25) is 4.79 Å². The van der Waals surface area contributed by atoms with Crippen LogP contribution in [0.4, 0.5) is 11.4 Å². The second-order valence-electron chi connectivity index (χ2n) is 13.3. The van der Waals surface area contributed by atoms with Crippen molar-refractivity contribution in [2.75, 3.05) is 43.0 Å². The van der Waals surface area contributed by atoms with Crippen LogP contribution in [0, 0.1) is 0 Å². The van der Waals surface area contributed by atoms with E-state index in [4.69, 9.17) is 9.47 Å². The van der Waals surface area contributed by atoms with Gasteiger partial charge in [0.25, 0.3) is 5.91 Å². The molecule has 0 saturated carbocycles. The molecule has 6 rings (SSSR count). The van der Waals surface area contributed by atoms with Gasteiger partial charge in [0.15, 0.2) is 0 Å². The van der Waals surface area contributed by atoms with Crippen molar-refractivity contribution in [3.63, 3.8) is 0 Å². The van der Waals surface area contributed by atoms with Gasteiger partial charge in [-0.15, -0.1) is 0 Å². The lowest BCUT2D eigenvalue weighted by molar-refractivity contribution is 0.0696. The van der Waals surface area contributed by atoms with Gasteiger partial charge in [0.2, 0.25) is 0 Å². The van der Waals surface area contributed by atoms with Crippen LogP contribution in [0.5, 0.6) is 11.5 Å². The van der Waals surface area contributed by atoms with Crippen molar-refractivity contribution in [1.82, 2.24) is 4.90 Å². The number of hydrogen-bond donors (Lipinski definition) is 1. The zero-order valence-corrected chi connectivity index (χ0v) is 29.5. The van der Waals surface area contributed by atoms with Crippen molar-refractivity contribution in [1.29, 1.82) is 0 Å². The predicted molar refractivity (Wildman–Crippen MR) is 202 cm³/mol. The maximum atomic E-state index is 14.9. The van der Waals surface area contributed by atoms with Crippen molar-refractivity contribution in [3.05, 3.63) is 155 Å². The fourth-order valence-electron chi connectivity index (χ4n) is 6.18. The highest BCUT2D eigenvalue weighted by Gasteiger charge is 2.26. The first-order valence-corrected chi connectivity index (χ1v) is 17.4. The van der Waals surface area contributed by atoms with Gasteiger partial charge in [0.1, 0.15) is 24.7 Å². The largest absolute Gasteiger partial charge is 0.488 e. The van der Waals surface area contributed by atoms with Gasteiger partial charge in [0, 0.05) is 43.6 Å². The van der Waals surface area contributed by atoms with Crippen molar-refractivity contribution < 1.29 is 24.2 Å². The third-order valence-electron chi connectivity index (χ3n) is 9.26. The Balaban J connectivity index is 1.39. The molecule has 262 valence electrons. The second-order valence-corrected chi connectivity index (χ2v) is 13.3. The summed E-state index contributed by atoms with van der Waals surface area (Å²) in [5.41, 5.74) is 6.17. The smallest absolute Gasteiger partial charge is 0.335 e. The van der Waals surface area contributed by atoms with E-state index in [1.807, 2.05) is 84.9 Å². The molecule has 5 aromatic carbocycles. The van der Waals surface area contributed by atoms with Crippen LogP contribution in [-0.4, -0.2) is 55.1 Å². The Morgan fingerprint density at radius 1 is 0.706 bits per heavy atom. The Morgan fingerprint density at radius 3 is 1.82 bits per heavy atom. The molecular weight excluding hydrogens is 638 g/mol. The van der Waals surface area contributed by atoms with E-state index in [2.05, 4.69) is 42.8 Å². The van der Waals surface area contributed by atoms with Gasteiger partial charge in [-0.05, 0) is 77.7 Å². The van der Waals surface area contributed by atoms with Crippen molar-refractivity contribution in [2.45, 2.75) is 39.5 Å². The molecule has 0 aromatic heterocycles. The summed E-state index contributed by atoms with van der Waals surface area (Å²) in [5, 5.41) is 9.48. The number of carbonyl (C=O) groups excluding carboxylic acids is 1. The van der Waals surface area contributed by atoms with Crippen molar-refractivity contribution in [3.8, 4) is 11.5 Å². The van der Waals surface area contributed by atoms with E-state index < -0.39 is 5.97 Å². The van der Waals surface area contributed by atoms with Gasteiger partial charge in [-0.1, -0.05) is 86.6 Å². The number of ether oxygens (including phenoxy) is 2. The fraction of sp³-hybridized carbons (Fsp3) is 0.256. The Hall–Kier alpha value is -5.60. The SMILES string of the molecule is CC(C)c1cc(C(=O)N(Cc2ccc(C(=O)O)cc2)c2ccc(N3CCN(C)CC3)cc2)c(OCc2ccccc2)cc1OCc1ccccc1. The van der Waals surface area contributed by atoms with E-state index in [-0.39, 0.29) is 30.5 Å². The van der Waals surface area contributed by atoms with E-state index in [9.17, 15) is 14.7 Å². The molecule has 1 aliphatic rings. The first-order valence-electron chi connectivity index (χ1n) is 17.4. The quantitative estimate of drug-likeness (QED) is 0.134. The molecule has 0 bridgehead atoms. The molecule has 0 spiro atoms. The monoisotopic (exact) mass is 683 g/mol. The first-order chi connectivity index (χ1) is 24.7. The van der Waals surface area contributed by atoms with Crippen LogP contribution in [-0.2, 0) is 19.8 Å². The molecule has 0 atom stereocenters. The normalized spacial score (nSPS) is 13.2. The molecule has 1 aliphatic heterocycles. The van der Waals surface area contributed by atoms with Gasteiger partial charge in [-0.2, -0.15) is 0 Å². The summed E-state index contributed by atoms with van der Waals surface area (Å²) < 4.78 is 12.9. The molecule has 1 amide bonds. The Morgan fingerprint density at radius 2 is 1.27 bits per heavy atom. The number of piperazine rings is 1. The van der Waals surface area contributed by atoms with Crippen LogP contribution in [0.15, 0.2) is 121 Å². The predicted octanol–water partition coefficient (Wildman–Crippen LogP) is 8.27. The number of benzene rings is 5. The summed E-state index contributed by atoms with van der Waals surface area (Å²) in [6, 6.07) is 38.4. The standard InChI is InChI=1S/C43H45N3O5/c1-31(2)38-26-39(41(51-30-34-12-8-5-9-13-34)27-40(38)50-29-33-10-6-4-7-11-33)42(47)46(28-32-14-16-35(17-15-32)43(48)49)37-20-18-36(19-21-37)45-24-22-44(3)23-25-45/h4-21,26-27,31H,22-25,28-30H2,1-3H3,(H,48,49). The lowest BCUT2D eigenvalue weighted by Gasteiger charge is -2.34. The van der Waals surface area contributed by atoms with E-state index in [0.29, 0.717) is 23.7 Å². The zero-order chi connectivity index (χ0) is 35.7. The number of amides is 1. The summed E-state index contributed by atoms with van der Waals surface area (Å²) in [4.78, 5) is 32.9. The molecule has 1 fully saturated rings. The highest BCUT2D eigenvalue weighted by atomic mass is 16.5. The Labute approximate surface area is 300 Å². The van der Waals surface area contributed by atoms with Crippen LogP contribution >= 0.6 is 0 Å². The van der Waals surface area contributed by atoms with Crippen molar-refractivity contribution in [2.24, 2.45) is 0 Å². The number of carboxylic acid groups (broad SMARTS) is 1. The molecule has 8 nitrogen and oxygen atoms in total. The van der Waals surface area contributed by atoms with Gasteiger partial charge in [0.05, 0.1) is 17.7 Å². The molecule has 0 unspecified atom stereocenters. The molecule has 1 N–H and O–H groups in total. The lowest BCUT2D eigenvalue weighted by Crippen LogP contribution is -2.44. The number of carbonyl (C=O) groups is 2. The molecule has 1 heterocycles. The molecule has 0 aliphatic carbocycles. The average molecular weight is 684 g/mol. The molecule has 0 radical (unpaired) electrons. The van der Waals surface area contributed by atoms with Crippen LogP contribution in [0.3, 0.4) is 0 Å². The summed E-state index contributed by atoms with van der Waals surface area (Å²) in [6.45, 7) is 8.92. The van der Waals surface area contributed by atoms with Gasteiger partial charge >= 0.3 is 5.97 Å². The molecule has 51 heavy (non-hydrogen) atoms. The van der Waals surface area contributed by atoms with E-state index in [0.717, 1.165) is 59.8 Å². The molecule has 1 saturated heterocycles. The molecular formula is C43H45N3O5. The van der Waals surface area contributed by atoms with Crippen LogP contribution in [0.2, 0.25) is 0 Å². The van der Waals surface area contributed by atoms with Crippen molar-refractivity contribution >= 4 is 23.3 Å². The highest BCUT2D eigenvalue weighted by Crippen LogP contribution is 2.37. The number of anilines is 2. The van der Waals surface area contributed by atoms with E-state index in [1.54, 1.807) is 29.2 Å². The fourth-order valence-corrected chi connectivity index (χ4v) is 6.18. The van der Waals surface area contributed by atoms with E-state index in [1.165, 1.54) is 0 Å². The number of hydrogen-bond acceptors (Lipinski definition) is 6. The second kappa shape index (κ2) is 16.4. The maximum absolute atomic E-state index is 14.9. The number of rotatable bonds is 13.